The first-order chi connectivity index (χ1) is 5.79. The van der Waals surface area contributed by atoms with E-state index >= 15 is 0 Å². The number of hydrogen-bond donors (Lipinski definition) is 1. The van der Waals surface area contributed by atoms with E-state index in [1.807, 2.05) is 18.2 Å². The number of aliphatic hydroxyl groups excluding tert-OH is 1. The van der Waals surface area contributed by atoms with E-state index in [0.29, 0.717) is 0 Å². The third-order valence-electron chi connectivity index (χ3n) is 1.97. The molecule has 0 amide bonds. The van der Waals surface area contributed by atoms with Crippen LogP contribution in [0.1, 0.15) is 5.56 Å². The molecule has 2 rings (SSSR count). The van der Waals surface area contributed by atoms with E-state index in [2.05, 4.69) is 15.9 Å². The molecular weight excluding hydrogens is 220 g/mol. The van der Waals surface area contributed by atoms with Crippen molar-refractivity contribution in [2.45, 2.75) is 12.5 Å². The van der Waals surface area contributed by atoms with Crippen molar-refractivity contribution in [3.63, 3.8) is 0 Å². The Bertz CT molecular complexity index is 299. The number of halogens is 1. The molecule has 2 nitrogen and oxygen atoms in total. The van der Waals surface area contributed by atoms with Crippen LogP contribution in [0.25, 0.3) is 0 Å². The Morgan fingerprint density at radius 1 is 1.58 bits per heavy atom. The van der Waals surface area contributed by atoms with Gasteiger partial charge in [0.2, 0.25) is 0 Å². The van der Waals surface area contributed by atoms with Crippen LogP contribution in [0.5, 0.6) is 5.75 Å². The van der Waals surface area contributed by atoms with Gasteiger partial charge in [-0.25, -0.2) is 0 Å². The Labute approximate surface area is 79.3 Å². The number of aliphatic hydroxyl groups is 1. The summed E-state index contributed by atoms with van der Waals surface area (Å²) in [5, 5.41) is 8.87. The molecule has 1 aromatic carbocycles. The molecule has 1 unspecified atom stereocenters. The van der Waals surface area contributed by atoms with E-state index in [1.165, 1.54) is 5.56 Å². The number of ether oxygens (including phenoxy) is 1. The summed E-state index contributed by atoms with van der Waals surface area (Å²) in [6.45, 7) is 0.0896. The maximum Gasteiger partial charge on any atom is 0.126 e. The molecule has 3 heteroatoms. The summed E-state index contributed by atoms with van der Waals surface area (Å²) in [6.07, 6.45) is 0.764. The zero-order valence-electron chi connectivity index (χ0n) is 6.46. The highest BCUT2D eigenvalue weighted by atomic mass is 79.9. The maximum atomic E-state index is 8.87. The highest BCUT2D eigenvalue weighted by Gasteiger charge is 2.21. The van der Waals surface area contributed by atoms with Gasteiger partial charge in [0, 0.05) is 10.9 Å². The molecule has 1 aliphatic heterocycles. The van der Waals surface area contributed by atoms with Gasteiger partial charge in [-0.3, -0.25) is 0 Å². The quantitative estimate of drug-likeness (QED) is 0.794. The van der Waals surface area contributed by atoms with Crippen LogP contribution in [0.15, 0.2) is 22.7 Å². The lowest BCUT2D eigenvalue weighted by atomic mass is 10.1. The van der Waals surface area contributed by atoms with E-state index in [9.17, 15) is 0 Å². The van der Waals surface area contributed by atoms with Crippen LogP contribution in [0, 0.1) is 0 Å². The molecule has 0 aliphatic carbocycles. The number of hydrogen-bond acceptors (Lipinski definition) is 2. The van der Waals surface area contributed by atoms with Crippen molar-refractivity contribution in [1.29, 1.82) is 0 Å². The van der Waals surface area contributed by atoms with E-state index in [1.54, 1.807) is 0 Å². The third-order valence-corrected chi connectivity index (χ3v) is 2.46. The lowest BCUT2D eigenvalue weighted by molar-refractivity contribution is 0.134. The molecule has 1 aliphatic rings. The van der Waals surface area contributed by atoms with Gasteiger partial charge in [-0.2, -0.15) is 0 Å². The molecule has 12 heavy (non-hydrogen) atoms. The fraction of sp³-hybridized carbons (Fsp3) is 0.333. The average molecular weight is 229 g/mol. The van der Waals surface area contributed by atoms with Crippen LogP contribution in [0.3, 0.4) is 0 Å². The van der Waals surface area contributed by atoms with Gasteiger partial charge < -0.3 is 9.84 Å². The second-order valence-electron chi connectivity index (χ2n) is 2.88. The second kappa shape index (κ2) is 3.07. The highest BCUT2D eigenvalue weighted by Crippen LogP contribution is 2.30. The first-order valence-corrected chi connectivity index (χ1v) is 4.65. The summed E-state index contributed by atoms with van der Waals surface area (Å²) in [5.74, 6) is 0.900. The van der Waals surface area contributed by atoms with Gasteiger partial charge >= 0.3 is 0 Å². The Morgan fingerprint density at radius 2 is 2.42 bits per heavy atom. The monoisotopic (exact) mass is 228 g/mol. The highest BCUT2D eigenvalue weighted by molar-refractivity contribution is 9.10. The summed E-state index contributed by atoms with van der Waals surface area (Å²) in [7, 11) is 0. The molecular formula is C9H9BrO2. The summed E-state index contributed by atoms with van der Waals surface area (Å²) in [4.78, 5) is 0. The van der Waals surface area contributed by atoms with Crippen molar-refractivity contribution < 1.29 is 9.84 Å². The SMILES string of the molecule is OCC1Cc2cc(Br)ccc2O1. The zero-order valence-corrected chi connectivity index (χ0v) is 8.04. The Kier molecular flexibility index (Phi) is 2.07. The minimum absolute atomic E-state index is 0.0469. The summed E-state index contributed by atoms with van der Waals surface area (Å²) >= 11 is 3.39. The molecule has 0 spiro atoms. The molecule has 1 N–H and O–H groups in total. The summed E-state index contributed by atoms with van der Waals surface area (Å²) in [6, 6.07) is 5.90. The van der Waals surface area contributed by atoms with Gasteiger partial charge in [0.05, 0.1) is 6.61 Å². The normalized spacial score (nSPS) is 20.3. The van der Waals surface area contributed by atoms with E-state index in [4.69, 9.17) is 9.84 Å². The van der Waals surface area contributed by atoms with Gasteiger partial charge in [0.1, 0.15) is 11.9 Å². The summed E-state index contributed by atoms with van der Waals surface area (Å²) < 4.78 is 6.50. The first-order valence-electron chi connectivity index (χ1n) is 3.85. The van der Waals surface area contributed by atoms with Crippen molar-refractivity contribution in [3.05, 3.63) is 28.2 Å². The molecule has 0 radical (unpaired) electrons. The summed E-state index contributed by atoms with van der Waals surface area (Å²) in [5.41, 5.74) is 1.17. The number of rotatable bonds is 1. The predicted molar refractivity (Wildman–Crippen MR) is 49.3 cm³/mol. The van der Waals surface area contributed by atoms with Crippen LogP contribution in [-0.2, 0) is 6.42 Å². The molecule has 0 aromatic heterocycles. The minimum Gasteiger partial charge on any atom is -0.487 e. The Hall–Kier alpha value is -0.540. The van der Waals surface area contributed by atoms with Crippen molar-refractivity contribution in [3.8, 4) is 5.75 Å². The lowest BCUT2D eigenvalue weighted by Crippen LogP contribution is -2.17. The van der Waals surface area contributed by atoms with Gasteiger partial charge in [-0.1, -0.05) is 15.9 Å². The zero-order chi connectivity index (χ0) is 8.55. The lowest BCUT2D eigenvalue weighted by Gasteiger charge is -2.04. The molecule has 0 saturated carbocycles. The van der Waals surface area contributed by atoms with E-state index in [0.717, 1.165) is 16.6 Å². The second-order valence-corrected chi connectivity index (χ2v) is 3.79. The molecule has 1 heterocycles. The van der Waals surface area contributed by atoms with E-state index < -0.39 is 0 Å². The predicted octanol–water partition coefficient (Wildman–Crippen LogP) is 1.74. The number of fused-ring (bicyclic) bond motifs is 1. The fourth-order valence-corrected chi connectivity index (χ4v) is 1.80. The number of benzene rings is 1. The van der Waals surface area contributed by atoms with E-state index in [-0.39, 0.29) is 12.7 Å². The first kappa shape index (κ1) is 8.08. The molecule has 0 bridgehead atoms. The standard InChI is InChI=1S/C9H9BrO2/c10-7-1-2-9-6(3-7)4-8(5-11)12-9/h1-3,8,11H,4-5H2. The Morgan fingerprint density at radius 3 is 3.17 bits per heavy atom. The molecule has 0 saturated heterocycles. The molecule has 64 valence electrons. The Balaban J connectivity index is 2.30. The molecule has 1 atom stereocenters. The van der Waals surface area contributed by atoms with Crippen molar-refractivity contribution in [2.24, 2.45) is 0 Å². The molecule has 1 aromatic rings. The van der Waals surface area contributed by atoms with Gasteiger partial charge in [0.15, 0.2) is 0 Å². The smallest absolute Gasteiger partial charge is 0.126 e. The topological polar surface area (TPSA) is 29.5 Å². The van der Waals surface area contributed by atoms with Crippen LogP contribution < -0.4 is 4.74 Å². The van der Waals surface area contributed by atoms with Crippen LogP contribution >= 0.6 is 15.9 Å². The van der Waals surface area contributed by atoms with Gasteiger partial charge in [-0.05, 0) is 23.8 Å². The fourth-order valence-electron chi connectivity index (χ4n) is 1.39. The average Bonchev–Trinajstić information content (AvgIpc) is 2.46. The van der Waals surface area contributed by atoms with Gasteiger partial charge in [0.25, 0.3) is 0 Å². The van der Waals surface area contributed by atoms with Crippen LogP contribution in [0.2, 0.25) is 0 Å². The maximum absolute atomic E-state index is 8.87. The van der Waals surface area contributed by atoms with Crippen molar-refractivity contribution in [1.82, 2.24) is 0 Å². The third kappa shape index (κ3) is 1.34. The van der Waals surface area contributed by atoms with Crippen molar-refractivity contribution >= 4 is 15.9 Å². The van der Waals surface area contributed by atoms with Crippen molar-refractivity contribution in [2.75, 3.05) is 6.61 Å². The minimum atomic E-state index is -0.0469. The van der Waals surface area contributed by atoms with Crippen LogP contribution in [0.4, 0.5) is 0 Å². The van der Waals surface area contributed by atoms with Crippen LogP contribution in [-0.4, -0.2) is 17.8 Å². The molecule has 0 fully saturated rings. The largest absolute Gasteiger partial charge is 0.487 e. The van der Waals surface area contributed by atoms with Gasteiger partial charge in [-0.15, -0.1) is 0 Å².